The number of carbonyl (C=O) groups is 1. The minimum atomic E-state index is -0.0611. The number of nitrogens with one attached hydrogen (secondary N) is 1. The first kappa shape index (κ1) is 11.9. The first-order valence-corrected chi connectivity index (χ1v) is 5.97. The van der Waals surface area contributed by atoms with Gasteiger partial charge in [-0.25, -0.2) is 4.98 Å². The van der Waals surface area contributed by atoms with Crippen molar-refractivity contribution in [2.24, 2.45) is 0 Å². The third-order valence-corrected chi connectivity index (χ3v) is 2.51. The molecule has 0 radical (unpaired) electrons. The van der Waals surface area contributed by atoms with Crippen LogP contribution in [0.2, 0.25) is 0 Å². The lowest BCUT2D eigenvalue weighted by Gasteiger charge is -2.01. The SMILES string of the molecule is C=C(Br)CNC(=O)Cc1cn2ccccc2n1. The molecule has 5 heteroatoms. The number of nitrogens with zero attached hydrogens (tertiary/aromatic N) is 2. The predicted molar refractivity (Wildman–Crippen MR) is 70.0 cm³/mol. The van der Waals surface area contributed by atoms with Crippen molar-refractivity contribution in [1.29, 1.82) is 0 Å². The largest absolute Gasteiger partial charge is 0.351 e. The van der Waals surface area contributed by atoms with E-state index >= 15 is 0 Å². The second-order valence-corrected chi connectivity index (χ2v) is 4.79. The Balaban J connectivity index is 2.03. The normalized spacial score (nSPS) is 10.4. The molecule has 1 N–H and O–H groups in total. The Morgan fingerprint density at radius 3 is 3.06 bits per heavy atom. The summed E-state index contributed by atoms with van der Waals surface area (Å²) in [4.78, 5) is 15.9. The first-order valence-electron chi connectivity index (χ1n) is 5.18. The van der Waals surface area contributed by atoms with E-state index in [1.165, 1.54) is 0 Å². The van der Waals surface area contributed by atoms with Crippen molar-refractivity contribution in [2.45, 2.75) is 6.42 Å². The van der Waals surface area contributed by atoms with E-state index in [0.717, 1.165) is 15.8 Å². The molecule has 0 aromatic carbocycles. The molecule has 88 valence electrons. The van der Waals surface area contributed by atoms with Gasteiger partial charge in [0.2, 0.25) is 5.91 Å². The Hall–Kier alpha value is -1.62. The van der Waals surface area contributed by atoms with E-state index in [-0.39, 0.29) is 12.3 Å². The first-order chi connectivity index (χ1) is 8.15. The number of amides is 1. The molecule has 0 saturated carbocycles. The van der Waals surface area contributed by atoms with E-state index in [4.69, 9.17) is 0 Å². The van der Waals surface area contributed by atoms with Crippen LogP contribution in [0.4, 0.5) is 0 Å². The van der Waals surface area contributed by atoms with Crippen LogP contribution in [-0.4, -0.2) is 21.8 Å². The zero-order chi connectivity index (χ0) is 12.3. The van der Waals surface area contributed by atoms with Crippen molar-refractivity contribution >= 4 is 27.5 Å². The van der Waals surface area contributed by atoms with Crippen LogP contribution < -0.4 is 5.32 Å². The van der Waals surface area contributed by atoms with Crippen molar-refractivity contribution in [1.82, 2.24) is 14.7 Å². The maximum Gasteiger partial charge on any atom is 0.226 e. The molecule has 0 fully saturated rings. The van der Waals surface area contributed by atoms with Gasteiger partial charge in [0, 0.05) is 23.4 Å². The van der Waals surface area contributed by atoms with Crippen molar-refractivity contribution in [3.63, 3.8) is 0 Å². The Labute approximate surface area is 107 Å². The molecule has 0 saturated heterocycles. The number of imidazole rings is 1. The van der Waals surface area contributed by atoms with Gasteiger partial charge in [-0.1, -0.05) is 28.6 Å². The summed E-state index contributed by atoms with van der Waals surface area (Å²) in [5.74, 6) is -0.0611. The summed E-state index contributed by atoms with van der Waals surface area (Å²) in [5, 5.41) is 2.74. The summed E-state index contributed by atoms with van der Waals surface area (Å²) in [6.45, 7) is 4.09. The molecule has 0 unspecified atom stereocenters. The van der Waals surface area contributed by atoms with E-state index in [9.17, 15) is 4.79 Å². The highest BCUT2D eigenvalue weighted by atomic mass is 79.9. The molecule has 0 aliphatic heterocycles. The lowest BCUT2D eigenvalue weighted by Crippen LogP contribution is -2.26. The second kappa shape index (κ2) is 5.14. The Morgan fingerprint density at radius 1 is 1.53 bits per heavy atom. The molecule has 2 rings (SSSR count). The van der Waals surface area contributed by atoms with E-state index in [1.54, 1.807) is 0 Å². The van der Waals surface area contributed by atoms with Crippen LogP contribution in [-0.2, 0) is 11.2 Å². The molecule has 17 heavy (non-hydrogen) atoms. The third kappa shape index (κ3) is 3.17. The molecule has 4 nitrogen and oxygen atoms in total. The van der Waals surface area contributed by atoms with Gasteiger partial charge in [0.25, 0.3) is 0 Å². The number of hydrogen-bond acceptors (Lipinski definition) is 2. The van der Waals surface area contributed by atoms with E-state index in [0.29, 0.717) is 6.54 Å². The fraction of sp³-hybridized carbons (Fsp3) is 0.167. The molecule has 2 aromatic heterocycles. The van der Waals surface area contributed by atoms with Crippen LogP contribution >= 0.6 is 15.9 Å². The van der Waals surface area contributed by atoms with Crippen LogP contribution in [0.3, 0.4) is 0 Å². The minimum absolute atomic E-state index is 0.0611. The van der Waals surface area contributed by atoms with Crippen LogP contribution in [0, 0.1) is 0 Å². The number of hydrogen-bond donors (Lipinski definition) is 1. The highest BCUT2D eigenvalue weighted by Gasteiger charge is 2.06. The third-order valence-electron chi connectivity index (χ3n) is 2.23. The van der Waals surface area contributed by atoms with Gasteiger partial charge in [-0.15, -0.1) is 0 Å². The summed E-state index contributed by atoms with van der Waals surface area (Å²) in [7, 11) is 0. The van der Waals surface area contributed by atoms with Crippen LogP contribution in [0.5, 0.6) is 0 Å². The summed E-state index contributed by atoms with van der Waals surface area (Å²) in [6.07, 6.45) is 4.05. The molecule has 2 aromatic rings. The van der Waals surface area contributed by atoms with E-state index in [2.05, 4.69) is 32.8 Å². The van der Waals surface area contributed by atoms with E-state index < -0.39 is 0 Å². The van der Waals surface area contributed by atoms with Gasteiger partial charge in [-0.3, -0.25) is 4.79 Å². The average Bonchev–Trinajstić information content (AvgIpc) is 2.68. The van der Waals surface area contributed by atoms with Gasteiger partial charge in [-0.2, -0.15) is 0 Å². The lowest BCUT2D eigenvalue weighted by molar-refractivity contribution is -0.120. The summed E-state index contributed by atoms with van der Waals surface area (Å²) in [6, 6.07) is 5.75. The molecule has 0 atom stereocenters. The highest BCUT2D eigenvalue weighted by molar-refractivity contribution is 9.11. The summed E-state index contributed by atoms with van der Waals surface area (Å²) >= 11 is 3.19. The van der Waals surface area contributed by atoms with Gasteiger partial charge < -0.3 is 9.72 Å². The molecule has 2 heterocycles. The van der Waals surface area contributed by atoms with Gasteiger partial charge in [0.05, 0.1) is 12.1 Å². The van der Waals surface area contributed by atoms with Crippen molar-refractivity contribution < 1.29 is 4.79 Å². The number of rotatable bonds is 4. The molecule has 0 bridgehead atoms. The number of halogens is 1. The number of aromatic nitrogens is 2. The Bertz CT molecular complexity index is 529. The Morgan fingerprint density at radius 2 is 2.35 bits per heavy atom. The molecular weight excluding hydrogens is 282 g/mol. The standard InChI is InChI=1S/C12H12BrN3O/c1-9(13)7-14-12(17)6-10-8-16-5-3-2-4-11(16)15-10/h2-5,8H,1,6-7H2,(H,14,17). The second-order valence-electron chi connectivity index (χ2n) is 3.67. The summed E-state index contributed by atoms with van der Waals surface area (Å²) < 4.78 is 2.65. The lowest BCUT2D eigenvalue weighted by atomic mass is 10.3. The fourth-order valence-electron chi connectivity index (χ4n) is 1.49. The topological polar surface area (TPSA) is 46.4 Å². The van der Waals surface area contributed by atoms with Gasteiger partial charge in [0.1, 0.15) is 5.65 Å². The maximum absolute atomic E-state index is 11.6. The minimum Gasteiger partial charge on any atom is -0.351 e. The van der Waals surface area contributed by atoms with Crippen molar-refractivity contribution in [2.75, 3.05) is 6.54 Å². The molecule has 0 spiro atoms. The predicted octanol–water partition coefficient (Wildman–Crippen LogP) is 1.90. The zero-order valence-electron chi connectivity index (χ0n) is 9.19. The monoisotopic (exact) mass is 293 g/mol. The summed E-state index contributed by atoms with van der Waals surface area (Å²) in [5.41, 5.74) is 1.61. The van der Waals surface area contributed by atoms with Crippen LogP contribution in [0.1, 0.15) is 5.69 Å². The average molecular weight is 294 g/mol. The maximum atomic E-state index is 11.6. The Kier molecular flexibility index (Phi) is 3.58. The molecular formula is C12H12BrN3O. The van der Waals surface area contributed by atoms with Crippen LogP contribution in [0.15, 0.2) is 41.7 Å². The highest BCUT2D eigenvalue weighted by Crippen LogP contribution is 2.05. The van der Waals surface area contributed by atoms with Crippen LogP contribution in [0.25, 0.3) is 5.65 Å². The van der Waals surface area contributed by atoms with Gasteiger partial charge >= 0.3 is 0 Å². The van der Waals surface area contributed by atoms with Gasteiger partial charge in [-0.05, 0) is 12.1 Å². The number of carbonyl (C=O) groups excluding carboxylic acids is 1. The zero-order valence-corrected chi connectivity index (χ0v) is 10.8. The molecule has 0 aliphatic rings. The number of fused-ring (bicyclic) bond motifs is 1. The fourth-order valence-corrected chi connectivity index (χ4v) is 1.63. The smallest absolute Gasteiger partial charge is 0.226 e. The number of pyridine rings is 1. The van der Waals surface area contributed by atoms with E-state index in [1.807, 2.05) is 35.0 Å². The molecule has 0 aliphatic carbocycles. The van der Waals surface area contributed by atoms with Crippen molar-refractivity contribution in [3.05, 3.63) is 47.3 Å². The van der Waals surface area contributed by atoms with Gasteiger partial charge in [0.15, 0.2) is 0 Å². The molecule has 1 amide bonds. The van der Waals surface area contributed by atoms with Crippen molar-refractivity contribution in [3.8, 4) is 0 Å². The quantitative estimate of drug-likeness (QED) is 0.936.